The molecule has 1 amide bonds. The molecular formula is C26H35N3O2. The first-order valence-corrected chi connectivity index (χ1v) is 11.6. The molecule has 0 aliphatic rings. The Kier molecular flexibility index (Phi) is 8.95. The third kappa shape index (κ3) is 6.33. The van der Waals surface area contributed by atoms with Gasteiger partial charge in [-0.1, -0.05) is 63.3 Å². The number of nitrogens with zero attached hydrogens (tertiary/aromatic N) is 2. The third-order valence-electron chi connectivity index (χ3n) is 5.68. The number of imidazole rings is 1. The molecule has 5 heteroatoms. The minimum absolute atomic E-state index is 0.0990. The zero-order valence-corrected chi connectivity index (χ0v) is 18.9. The van der Waals surface area contributed by atoms with E-state index < -0.39 is 0 Å². The number of amides is 1. The largest absolute Gasteiger partial charge is 0.496 e. The van der Waals surface area contributed by atoms with Gasteiger partial charge >= 0.3 is 0 Å². The number of nitrogens with one attached hydrogen (secondary N) is 1. The van der Waals surface area contributed by atoms with Crippen LogP contribution in [0.25, 0.3) is 11.0 Å². The summed E-state index contributed by atoms with van der Waals surface area (Å²) < 4.78 is 7.66. The summed E-state index contributed by atoms with van der Waals surface area (Å²) in [5, 5.41) is 3.01. The van der Waals surface area contributed by atoms with Crippen LogP contribution in [0.3, 0.4) is 0 Å². The van der Waals surface area contributed by atoms with Crippen molar-refractivity contribution in [3.8, 4) is 5.75 Å². The van der Waals surface area contributed by atoms with Gasteiger partial charge in [-0.2, -0.15) is 0 Å². The fourth-order valence-electron chi connectivity index (χ4n) is 3.99. The quantitative estimate of drug-likeness (QED) is 0.357. The van der Waals surface area contributed by atoms with Crippen molar-refractivity contribution in [1.82, 2.24) is 14.9 Å². The molecule has 1 aromatic heterocycles. The summed E-state index contributed by atoms with van der Waals surface area (Å²) in [7, 11) is 1.58. The molecule has 0 spiro atoms. The topological polar surface area (TPSA) is 56.2 Å². The van der Waals surface area contributed by atoms with Gasteiger partial charge < -0.3 is 14.6 Å². The first-order chi connectivity index (χ1) is 15.2. The van der Waals surface area contributed by atoms with Crippen molar-refractivity contribution in [3.63, 3.8) is 0 Å². The highest BCUT2D eigenvalue weighted by Crippen LogP contribution is 2.19. The number of aryl methyl sites for hydroxylation is 2. The second-order valence-electron chi connectivity index (χ2n) is 8.00. The predicted molar refractivity (Wildman–Crippen MR) is 127 cm³/mol. The number of carbonyl (C=O) groups is 1. The van der Waals surface area contributed by atoms with Crippen LogP contribution in [0.1, 0.15) is 68.1 Å². The Balaban J connectivity index is 1.55. The van der Waals surface area contributed by atoms with Gasteiger partial charge in [-0.15, -0.1) is 0 Å². The van der Waals surface area contributed by atoms with Gasteiger partial charge in [0.05, 0.1) is 23.7 Å². The zero-order valence-electron chi connectivity index (χ0n) is 18.9. The maximum Gasteiger partial charge on any atom is 0.255 e. The Morgan fingerprint density at radius 2 is 1.71 bits per heavy atom. The van der Waals surface area contributed by atoms with Crippen LogP contribution in [0.2, 0.25) is 0 Å². The molecule has 2 aromatic carbocycles. The number of fused-ring (bicyclic) bond motifs is 1. The van der Waals surface area contributed by atoms with Crippen molar-refractivity contribution in [2.24, 2.45) is 0 Å². The Morgan fingerprint density at radius 3 is 2.55 bits per heavy atom. The normalized spacial score (nSPS) is 11.0. The van der Waals surface area contributed by atoms with Crippen LogP contribution < -0.4 is 10.1 Å². The van der Waals surface area contributed by atoms with Gasteiger partial charge in [-0.25, -0.2) is 4.98 Å². The van der Waals surface area contributed by atoms with Crippen LogP contribution in [0.15, 0.2) is 48.5 Å². The molecule has 0 fully saturated rings. The number of unbranched alkanes of at least 4 members (excludes halogenated alkanes) is 5. The summed E-state index contributed by atoms with van der Waals surface area (Å²) >= 11 is 0. The van der Waals surface area contributed by atoms with E-state index in [0.717, 1.165) is 30.7 Å². The fourth-order valence-corrected chi connectivity index (χ4v) is 3.99. The van der Waals surface area contributed by atoms with Crippen LogP contribution >= 0.6 is 0 Å². The van der Waals surface area contributed by atoms with E-state index in [4.69, 9.17) is 9.72 Å². The van der Waals surface area contributed by atoms with Crippen LogP contribution in [-0.2, 0) is 13.0 Å². The summed E-state index contributed by atoms with van der Waals surface area (Å²) in [4.78, 5) is 17.4. The van der Waals surface area contributed by atoms with Crippen LogP contribution in [-0.4, -0.2) is 29.1 Å². The molecule has 0 unspecified atom stereocenters. The lowest BCUT2D eigenvalue weighted by molar-refractivity contribution is 0.0950. The molecule has 1 N–H and O–H groups in total. The van der Waals surface area contributed by atoms with Crippen molar-refractivity contribution in [3.05, 3.63) is 59.9 Å². The lowest BCUT2D eigenvalue weighted by atomic mass is 10.1. The SMILES string of the molecule is CCCCCCCCn1c(CCCNC(=O)c2ccccc2OC)nc2ccccc21. The molecule has 166 valence electrons. The summed E-state index contributed by atoms with van der Waals surface area (Å²) in [6, 6.07) is 15.7. The zero-order chi connectivity index (χ0) is 21.9. The van der Waals surface area contributed by atoms with E-state index in [0.29, 0.717) is 17.9 Å². The number of rotatable bonds is 13. The molecule has 0 aliphatic heterocycles. The maximum atomic E-state index is 12.5. The minimum Gasteiger partial charge on any atom is -0.496 e. The first kappa shape index (κ1) is 22.9. The Hall–Kier alpha value is -2.82. The average molecular weight is 422 g/mol. The van der Waals surface area contributed by atoms with Crippen molar-refractivity contribution >= 4 is 16.9 Å². The van der Waals surface area contributed by atoms with Crippen molar-refractivity contribution in [1.29, 1.82) is 0 Å². The number of benzene rings is 2. The second kappa shape index (κ2) is 12.1. The minimum atomic E-state index is -0.0990. The molecule has 0 aliphatic carbocycles. The highest BCUT2D eigenvalue weighted by Gasteiger charge is 2.12. The lowest BCUT2D eigenvalue weighted by Crippen LogP contribution is -2.25. The lowest BCUT2D eigenvalue weighted by Gasteiger charge is -2.11. The molecule has 3 aromatic rings. The van der Waals surface area contributed by atoms with Gasteiger partial charge in [0.2, 0.25) is 0 Å². The summed E-state index contributed by atoms with van der Waals surface area (Å²) in [6.07, 6.45) is 9.40. The standard InChI is InChI=1S/C26H35N3O2/c1-3-4-5-6-7-12-20-29-23-16-10-9-15-22(23)28-25(29)18-13-19-27-26(30)21-14-8-11-17-24(21)31-2/h8-11,14-17H,3-7,12-13,18-20H2,1-2H3,(H,27,30). The number of aromatic nitrogens is 2. The van der Waals surface area contributed by atoms with Gasteiger partial charge in [0, 0.05) is 19.5 Å². The van der Waals surface area contributed by atoms with Crippen LogP contribution in [0.5, 0.6) is 5.75 Å². The van der Waals surface area contributed by atoms with Gasteiger partial charge in [0.1, 0.15) is 11.6 Å². The van der Waals surface area contributed by atoms with Gasteiger partial charge in [-0.3, -0.25) is 4.79 Å². The molecule has 31 heavy (non-hydrogen) atoms. The Labute approximate surface area is 185 Å². The molecule has 5 nitrogen and oxygen atoms in total. The molecule has 0 atom stereocenters. The molecule has 0 saturated heterocycles. The molecule has 0 radical (unpaired) electrons. The average Bonchev–Trinajstić information content (AvgIpc) is 3.16. The van der Waals surface area contributed by atoms with Gasteiger partial charge in [0.15, 0.2) is 0 Å². The number of hydrogen-bond acceptors (Lipinski definition) is 3. The van der Waals surface area contributed by atoms with Crippen molar-refractivity contribution in [2.45, 2.75) is 64.8 Å². The first-order valence-electron chi connectivity index (χ1n) is 11.6. The summed E-state index contributed by atoms with van der Waals surface area (Å²) in [5.74, 6) is 1.61. The molecule has 1 heterocycles. The Morgan fingerprint density at radius 1 is 0.968 bits per heavy atom. The van der Waals surface area contributed by atoms with E-state index in [1.54, 1.807) is 19.2 Å². The van der Waals surface area contributed by atoms with E-state index in [1.165, 1.54) is 44.0 Å². The van der Waals surface area contributed by atoms with E-state index in [1.807, 2.05) is 18.2 Å². The van der Waals surface area contributed by atoms with E-state index >= 15 is 0 Å². The van der Waals surface area contributed by atoms with E-state index in [2.05, 4.69) is 35.0 Å². The highest BCUT2D eigenvalue weighted by atomic mass is 16.5. The highest BCUT2D eigenvalue weighted by molar-refractivity contribution is 5.96. The molecule has 0 bridgehead atoms. The van der Waals surface area contributed by atoms with E-state index in [9.17, 15) is 4.79 Å². The second-order valence-corrected chi connectivity index (χ2v) is 8.00. The smallest absolute Gasteiger partial charge is 0.255 e. The number of ether oxygens (including phenoxy) is 1. The predicted octanol–water partition coefficient (Wildman–Crippen LogP) is 5.77. The monoisotopic (exact) mass is 421 g/mol. The summed E-state index contributed by atoms with van der Waals surface area (Å²) in [5.41, 5.74) is 2.84. The Bertz CT molecular complexity index is 964. The van der Waals surface area contributed by atoms with Gasteiger partial charge in [0.25, 0.3) is 5.91 Å². The third-order valence-corrected chi connectivity index (χ3v) is 5.68. The van der Waals surface area contributed by atoms with Crippen molar-refractivity contribution in [2.75, 3.05) is 13.7 Å². The molecule has 3 rings (SSSR count). The number of para-hydroxylation sites is 3. The van der Waals surface area contributed by atoms with E-state index in [-0.39, 0.29) is 5.91 Å². The molecular weight excluding hydrogens is 386 g/mol. The maximum absolute atomic E-state index is 12.5. The van der Waals surface area contributed by atoms with Crippen LogP contribution in [0, 0.1) is 0 Å². The van der Waals surface area contributed by atoms with Gasteiger partial charge in [-0.05, 0) is 37.1 Å². The molecule has 0 saturated carbocycles. The number of hydrogen-bond donors (Lipinski definition) is 1. The number of methoxy groups -OCH3 is 1. The van der Waals surface area contributed by atoms with Crippen LogP contribution in [0.4, 0.5) is 0 Å². The summed E-state index contributed by atoms with van der Waals surface area (Å²) in [6.45, 7) is 3.87. The fraction of sp³-hybridized carbons (Fsp3) is 0.462. The van der Waals surface area contributed by atoms with Crippen molar-refractivity contribution < 1.29 is 9.53 Å². The number of carbonyl (C=O) groups excluding carboxylic acids is 1.